The first-order valence-corrected chi connectivity index (χ1v) is 3.28. The SMILES string of the molecule is O=c1[nH]cc([N+](=O)[O-])c(F)c1C(F)F. The van der Waals surface area contributed by atoms with Crippen molar-refractivity contribution < 1.29 is 18.1 Å². The van der Waals surface area contributed by atoms with Crippen LogP contribution < -0.4 is 5.56 Å². The van der Waals surface area contributed by atoms with Crippen LogP contribution in [-0.4, -0.2) is 9.91 Å². The van der Waals surface area contributed by atoms with Gasteiger partial charge in [0.1, 0.15) is 5.56 Å². The normalized spacial score (nSPS) is 10.6. The Kier molecular flexibility index (Phi) is 2.54. The number of aromatic amines is 1. The van der Waals surface area contributed by atoms with E-state index in [1.807, 2.05) is 0 Å². The van der Waals surface area contributed by atoms with Crippen LogP contribution in [0.1, 0.15) is 12.0 Å². The van der Waals surface area contributed by atoms with Gasteiger partial charge in [-0.05, 0) is 0 Å². The van der Waals surface area contributed by atoms with Crippen molar-refractivity contribution >= 4 is 5.69 Å². The van der Waals surface area contributed by atoms with Gasteiger partial charge in [0.15, 0.2) is 0 Å². The second-order valence-corrected chi connectivity index (χ2v) is 2.29. The van der Waals surface area contributed by atoms with Gasteiger partial charge >= 0.3 is 5.69 Å². The molecule has 14 heavy (non-hydrogen) atoms. The van der Waals surface area contributed by atoms with Gasteiger partial charge in [-0.2, -0.15) is 4.39 Å². The summed E-state index contributed by atoms with van der Waals surface area (Å²) in [5.74, 6) is -1.80. The fraction of sp³-hybridized carbons (Fsp3) is 0.167. The minimum absolute atomic E-state index is 0.434. The van der Waals surface area contributed by atoms with Crippen LogP contribution in [0.2, 0.25) is 0 Å². The molecule has 1 heterocycles. The topological polar surface area (TPSA) is 76.0 Å². The lowest BCUT2D eigenvalue weighted by Gasteiger charge is -1.99. The number of alkyl halides is 2. The molecule has 0 amide bonds. The van der Waals surface area contributed by atoms with E-state index in [0.717, 1.165) is 0 Å². The molecule has 0 aliphatic rings. The minimum Gasteiger partial charge on any atom is -0.322 e. The number of rotatable bonds is 2. The van der Waals surface area contributed by atoms with Gasteiger partial charge in [0.2, 0.25) is 5.82 Å². The maximum absolute atomic E-state index is 12.9. The van der Waals surface area contributed by atoms with Gasteiger partial charge < -0.3 is 4.98 Å². The number of aromatic nitrogens is 1. The zero-order chi connectivity index (χ0) is 10.9. The number of nitro groups is 1. The van der Waals surface area contributed by atoms with E-state index in [-0.39, 0.29) is 0 Å². The van der Waals surface area contributed by atoms with E-state index in [1.54, 1.807) is 4.98 Å². The lowest BCUT2D eigenvalue weighted by atomic mass is 10.2. The van der Waals surface area contributed by atoms with Crippen LogP contribution >= 0.6 is 0 Å². The molecule has 0 aliphatic carbocycles. The first kappa shape index (κ1) is 10.2. The Morgan fingerprint density at radius 1 is 1.50 bits per heavy atom. The van der Waals surface area contributed by atoms with E-state index in [0.29, 0.717) is 6.20 Å². The maximum atomic E-state index is 12.9. The molecule has 0 saturated carbocycles. The van der Waals surface area contributed by atoms with Crippen molar-refractivity contribution in [2.24, 2.45) is 0 Å². The fourth-order valence-corrected chi connectivity index (χ4v) is 0.840. The molecule has 0 aromatic carbocycles. The molecule has 0 bridgehead atoms. The fourth-order valence-electron chi connectivity index (χ4n) is 0.840. The third kappa shape index (κ3) is 1.58. The van der Waals surface area contributed by atoms with Crippen molar-refractivity contribution in [1.29, 1.82) is 0 Å². The Balaban J connectivity index is 3.49. The highest BCUT2D eigenvalue weighted by molar-refractivity contribution is 5.33. The van der Waals surface area contributed by atoms with Crippen LogP contribution in [-0.2, 0) is 0 Å². The van der Waals surface area contributed by atoms with Gasteiger partial charge in [-0.3, -0.25) is 14.9 Å². The van der Waals surface area contributed by atoms with Gasteiger partial charge in [-0.1, -0.05) is 0 Å². The molecule has 76 valence electrons. The second kappa shape index (κ2) is 3.48. The van der Waals surface area contributed by atoms with E-state index in [1.165, 1.54) is 0 Å². The van der Waals surface area contributed by atoms with Crippen LogP contribution in [0.5, 0.6) is 0 Å². The summed E-state index contributed by atoms with van der Waals surface area (Å²) >= 11 is 0. The highest BCUT2D eigenvalue weighted by Crippen LogP contribution is 2.23. The molecule has 1 aromatic heterocycles. The summed E-state index contributed by atoms with van der Waals surface area (Å²) < 4.78 is 37.0. The average molecular weight is 208 g/mol. The quantitative estimate of drug-likeness (QED) is 0.588. The van der Waals surface area contributed by atoms with Crippen molar-refractivity contribution in [3.05, 3.63) is 38.0 Å². The Morgan fingerprint density at radius 2 is 2.07 bits per heavy atom. The standard InChI is InChI=1S/C6H3F3N2O3/c7-4-2(11(13)14)1-10-6(12)3(4)5(8)9/h1,5H,(H,10,12). The minimum atomic E-state index is -3.39. The highest BCUT2D eigenvalue weighted by atomic mass is 19.3. The van der Waals surface area contributed by atoms with Crippen LogP contribution in [0.4, 0.5) is 18.9 Å². The molecule has 8 heteroatoms. The lowest BCUT2D eigenvalue weighted by Crippen LogP contribution is -2.16. The van der Waals surface area contributed by atoms with E-state index in [2.05, 4.69) is 0 Å². The van der Waals surface area contributed by atoms with Crippen molar-refractivity contribution in [1.82, 2.24) is 4.98 Å². The molecule has 1 rings (SSSR count). The van der Waals surface area contributed by atoms with Gasteiger partial charge in [0.25, 0.3) is 12.0 Å². The molecule has 0 atom stereocenters. The molecule has 0 saturated heterocycles. The van der Waals surface area contributed by atoms with E-state index >= 15 is 0 Å². The Labute approximate surface area is 74.3 Å². The Morgan fingerprint density at radius 3 is 2.50 bits per heavy atom. The molecule has 1 N–H and O–H groups in total. The number of pyridine rings is 1. The van der Waals surface area contributed by atoms with E-state index in [4.69, 9.17) is 0 Å². The predicted molar refractivity (Wildman–Crippen MR) is 38.6 cm³/mol. The third-order valence-electron chi connectivity index (χ3n) is 1.46. The number of nitrogens with one attached hydrogen (secondary N) is 1. The zero-order valence-electron chi connectivity index (χ0n) is 6.46. The summed E-state index contributed by atoms with van der Waals surface area (Å²) in [6, 6.07) is 0. The molecule has 0 radical (unpaired) electrons. The molecule has 0 fully saturated rings. The molecule has 0 spiro atoms. The highest BCUT2D eigenvalue weighted by Gasteiger charge is 2.26. The first-order valence-electron chi connectivity index (χ1n) is 3.28. The van der Waals surface area contributed by atoms with E-state index < -0.39 is 34.0 Å². The summed E-state index contributed by atoms with van der Waals surface area (Å²) in [4.78, 5) is 21.2. The van der Waals surface area contributed by atoms with Crippen molar-refractivity contribution in [3.63, 3.8) is 0 Å². The molecule has 5 nitrogen and oxygen atoms in total. The van der Waals surface area contributed by atoms with Gasteiger partial charge in [0, 0.05) is 0 Å². The number of halogens is 3. The monoisotopic (exact) mass is 208 g/mol. The summed E-state index contributed by atoms with van der Waals surface area (Å²) in [5.41, 5.74) is -4.07. The van der Waals surface area contributed by atoms with Crippen molar-refractivity contribution in [2.75, 3.05) is 0 Å². The van der Waals surface area contributed by atoms with E-state index in [9.17, 15) is 28.1 Å². The first-order chi connectivity index (χ1) is 6.45. The number of nitrogens with zero attached hydrogens (tertiary/aromatic N) is 1. The number of hydrogen-bond donors (Lipinski definition) is 1. The summed E-state index contributed by atoms with van der Waals surface area (Å²) in [6.07, 6.45) is -2.96. The lowest BCUT2D eigenvalue weighted by molar-refractivity contribution is -0.388. The number of H-pyrrole nitrogens is 1. The summed E-state index contributed by atoms with van der Waals surface area (Å²) in [5, 5.41) is 10.1. The summed E-state index contributed by atoms with van der Waals surface area (Å²) in [7, 11) is 0. The van der Waals surface area contributed by atoms with Gasteiger partial charge in [-0.15, -0.1) is 0 Å². The van der Waals surface area contributed by atoms with Crippen LogP contribution in [0, 0.1) is 15.9 Å². The van der Waals surface area contributed by atoms with Crippen LogP contribution in [0.3, 0.4) is 0 Å². The van der Waals surface area contributed by atoms with Crippen molar-refractivity contribution in [2.45, 2.75) is 6.43 Å². The smallest absolute Gasteiger partial charge is 0.321 e. The van der Waals surface area contributed by atoms with Gasteiger partial charge in [-0.25, -0.2) is 8.78 Å². The number of hydrogen-bond acceptors (Lipinski definition) is 3. The molecule has 1 aromatic rings. The molecular weight excluding hydrogens is 205 g/mol. The molecule has 0 unspecified atom stereocenters. The molecular formula is C6H3F3N2O3. The largest absolute Gasteiger partial charge is 0.322 e. The average Bonchev–Trinajstić information content (AvgIpc) is 2.02. The third-order valence-corrected chi connectivity index (χ3v) is 1.46. The van der Waals surface area contributed by atoms with Crippen LogP contribution in [0.15, 0.2) is 11.0 Å². The Bertz CT molecular complexity index is 429. The predicted octanol–water partition coefficient (Wildman–Crippen LogP) is 1.36. The van der Waals surface area contributed by atoms with Gasteiger partial charge in [0.05, 0.1) is 11.1 Å². The Hall–Kier alpha value is -1.86. The second-order valence-electron chi connectivity index (χ2n) is 2.29. The van der Waals surface area contributed by atoms with Crippen LogP contribution in [0.25, 0.3) is 0 Å². The summed E-state index contributed by atoms with van der Waals surface area (Å²) in [6.45, 7) is 0. The maximum Gasteiger partial charge on any atom is 0.321 e. The molecule has 0 aliphatic heterocycles. The zero-order valence-corrected chi connectivity index (χ0v) is 6.46. The van der Waals surface area contributed by atoms with Crippen molar-refractivity contribution in [3.8, 4) is 0 Å².